The lowest BCUT2D eigenvalue weighted by Crippen LogP contribution is -2.12. The standard InChI is InChI=1S/C22H18ClNO3S/c1-27-22(26)17-6-10-19(11-7-17)24-21(25)16-4-2-15(3-5-16)14-28-20-12-8-18(23)9-13-20/h2-13H,14H2,1H3,(H,24,25). The molecule has 1 N–H and O–H groups in total. The number of rotatable bonds is 6. The highest BCUT2D eigenvalue weighted by Crippen LogP contribution is 2.24. The fourth-order valence-electron chi connectivity index (χ4n) is 2.46. The van der Waals surface area contributed by atoms with E-state index in [2.05, 4.69) is 10.1 Å². The molecule has 1 amide bonds. The van der Waals surface area contributed by atoms with Gasteiger partial charge in [0.05, 0.1) is 12.7 Å². The van der Waals surface area contributed by atoms with E-state index in [4.69, 9.17) is 11.6 Å². The molecule has 0 unspecified atom stereocenters. The molecular weight excluding hydrogens is 394 g/mol. The summed E-state index contributed by atoms with van der Waals surface area (Å²) < 4.78 is 4.66. The minimum atomic E-state index is -0.412. The molecule has 0 aromatic heterocycles. The Kier molecular flexibility index (Phi) is 6.74. The second-order valence-electron chi connectivity index (χ2n) is 5.96. The number of amides is 1. The topological polar surface area (TPSA) is 55.4 Å². The molecule has 0 fully saturated rings. The molecular formula is C22H18ClNO3S. The molecule has 0 heterocycles. The van der Waals surface area contributed by atoms with Crippen molar-refractivity contribution in [3.63, 3.8) is 0 Å². The van der Waals surface area contributed by atoms with Gasteiger partial charge in [0, 0.05) is 26.9 Å². The van der Waals surface area contributed by atoms with Gasteiger partial charge >= 0.3 is 5.97 Å². The molecule has 3 aromatic carbocycles. The monoisotopic (exact) mass is 411 g/mol. The molecule has 0 saturated carbocycles. The summed E-state index contributed by atoms with van der Waals surface area (Å²) in [5.74, 6) is 0.186. The van der Waals surface area contributed by atoms with E-state index in [9.17, 15) is 9.59 Å². The summed E-state index contributed by atoms with van der Waals surface area (Å²) >= 11 is 7.60. The highest BCUT2D eigenvalue weighted by atomic mass is 35.5. The third-order valence-corrected chi connectivity index (χ3v) is 5.33. The van der Waals surface area contributed by atoms with Gasteiger partial charge in [-0.3, -0.25) is 4.79 Å². The van der Waals surface area contributed by atoms with Crippen molar-refractivity contribution in [1.29, 1.82) is 0 Å². The second kappa shape index (κ2) is 9.44. The van der Waals surface area contributed by atoms with Gasteiger partial charge in [-0.1, -0.05) is 23.7 Å². The number of benzene rings is 3. The van der Waals surface area contributed by atoms with Gasteiger partial charge in [0.1, 0.15) is 0 Å². The van der Waals surface area contributed by atoms with Gasteiger partial charge < -0.3 is 10.1 Å². The Labute approximate surface area is 172 Å². The lowest BCUT2D eigenvalue weighted by molar-refractivity contribution is 0.0600. The van der Waals surface area contributed by atoms with Gasteiger partial charge in [0.25, 0.3) is 5.91 Å². The number of ether oxygens (including phenoxy) is 1. The smallest absolute Gasteiger partial charge is 0.337 e. The third kappa shape index (κ3) is 5.38. The van der Waals surface area contributed by atoms with Crippen LogP contribution in [0.1, 0.15) is 26.3 Å². The van der Waals surface area contributed by atoms with Crippen molar-refractivity contribution < 1.29 is 14.3 Å². The number of anilines is 1. The van der Waals surface area contributed by atoms with Crippen LogP contribution < -0.4 is 5.32 Å². The first kappa shape index (κ1) is 20.0. The van der Waals surface area contributed by atoms with E-state index in [1.807, 2.05) is 36.4 Å². The molecule has 4 nitrogen and oxygen atoms in total. The van der Waals surface area contributed by atoms with Crippen LogP contribution in [0.5, 0.6) is 0 Å². The molecule has 0 spiro atoms. The summed E-state index contributed by atoms with van der Waals surface area (Å²) in [6.07, 6.45) is 0. The SMILES string of the molecule is COC(=O)c1ccc(NC(=O)c2ccc(CSc3ccc(Cl)cc3)cc2)cc1. The maximum Gasteiger partial charge on any atom is 0.337 e. The third-order valence-electron chi connectivity index (χ3n) is 4.00. The number of thioether (sulfide) groups is 1. The molecule has 0 bridgehead atoms. The van der Waals surface area contributed by atoms with E-state index >= 15 is 0 Å². The number of hydrogen-bond acceptors (Lipinski definition) is 4. The minimum Gasteiger partial charge on any atom is -0.465 e. The number of hydrogen-bond donors (Lipinski definition) is 1. The number of nitrogens with one attached hydrogen (secondary N) is 1. The van der Waals surface area contributed by atoms with Crippen molar-refractivity contribution in [2.24, 2.45) is 0 Å². The van der Waals surface area contributed by atoms with E-state index in [1.165, 1.54) is 7.11 Å². The highest BCUT2D eigenvalue weighted by Gasteiger charge is 2.08. The fourth-order valence-corrected chi connectivity index (χ4v) is 3.44. The summed E-state index contributed by atoms with van der Waals surface area (Å²) in [6.45, 7) is 0. The number of carbonyl (C=O) groups excluding carboxylic acids is 2. The lowest BCUT2D eigenvalue weighted by atomic mass is 10.1. The van der Waals surface area contributed by atoms with E-state index < -0.39 is 5.97 Å². The van der Waals surface area contributed by atoms with Crippen LogP contribution in [-0.4, -0.2) is 19.0 Å². The van der Waals surface area contributed by atoms with E-state index in [1.54, 1.807) is 48.2 Å². The van der Waals surface area contributed by atoms with Gasteiger partial charge in [-0.2, -0.15) is 0 Å². The van der Waals surface area contributed by atoms with Crippen molar-refractivity contribution in [3.8, 4) is 0 Å². The summed E-state index contributed by atoms with van der Waals surface area (Å²) in [6, 6.07) is 21.8. The van der Waals surface area contributed by atoms with Crippen molar-refractivity contribution >= 4 is 40.9 Å². The Morgan fingerprint density at radius 2 is 1.50 bits per heavy atom. The Balaban J connectivity index is 1.57. The van der Waals surface area contributed by atoms with E-state index in [0.717, 1.165) is 21.2 Å². The molecule has 0 aliphatic heterocycles. The maximum absolute atomic E-state index is 12.4. The van der Waals surface area contributed by atoms with Gasteiger partial charge in [0.2, 0.25) is 0 Å². The quantitative estimate of drug-likeness (QED) is 0.419. The summed E-state index contributed by atoms with van der Waals surface area (Å²) in [5.41, 5.74) is 2.74. The lowest BCUT2D eigenvalue weighted by Gasteiger charge is -2.07. The molecule has 6 heteroatoms. The Hall–Kier alpha value is -2.76. The predicted octanol–water partition coefficient (Wildman–Crippen LogP) is 5.67. The van der Waals surface area contributed by atoms with Crippen LogP contribution in [0.2, 0.25) is 5.02 Å². The average molecular weight is 412 g/mol. The van der Waals surface area contributed by atoms with E-state index in [-0.39, 0.29) is 5.91 Å². The van der Waals surface area contributed by atoms with Gasteiger partial charge in [-0.05, 0) is 66.2 Å². The van der Waals surface area contributed by atoms with Crippen LogP contribution in [0.25, 0.3) is 0 Å². The number of halogens is 1. The van der Waals surface area contributed by atoms with Gasteiger partial charge in [0.15, 0.2) is 0 Å². The summed E-state index contributed by atoms with van der Waals surface area (Å²) in [7, 11) is 1.33. The summed E-state index contributed by atoms with van der Waals surface area (Å²) in [5, 5.41) is 3.54. The van der Waals surface area contributed by atoms with Crippen LogP contribution in [0.3, 0.4) is 0 Å². The average Bonchev–Trinajstić information content (AvgIpc) is 2.73. The molecule has 0 radical (unpaired) electrons. The van der Waals surface area contributed by atoms with Crippen LogP contribution in [0.4, 0.5) is 5.69 Å². The first-order valence-electron chi connectivity index (χ1n) is 8.52. The zero-order chi connectivity index (χ0) is 19.9. The molecule has 28 heavy (non-hydrogen) atoms. The van der Waals surface area contributed by atoms with Crippen LogP contribution in [-0.2, 0) is 10.5 Å². The zero-order valence-corrected chi connectivity index (χ0v) is 16.7. The zero-order valence-electron chi connectivity index (χ0n) is 15.1. The van der Waals surface area contributed by atoms with Crippen molar-refractivity contribution in [3.05, 3.63) is 94.5 Å². The minimum absolute atomic E-state index is 0.206. The van der Waals surface area contributed by atoms with Crippen LogP contribution in [0, 0.1) is 0 Å². The van der Waals surface area contributed by atoms with Crippen molar-refractivity contribution in [1.82, 2.24) is 0 Å². The first-order chi connectivity index (χ1) is 13.5. The van der Waals surface area contributed by atoms with Crippen LogP contribution >= 0.6 is 23.4 Å². The molecule has 0 saturated heterocycles. The normalized spacial score (nSPS) is 10.4. The number of esters is 1. The molecule has 3 aromatic rings. The molecule has 0 atom stereocenters. The fraction of sp³-hybridized carbons (Fsp3) is 0.0909. The van der Waals surface area contributed by atoms with Crippen LogP contribution in [0.15, 0.2) is 77.7 Å². The molecule has 142 valence electrons. The number of methoxy groups -OCH3 is 1. The maximum atomic E-state index is 12.4. The van der Waals surface area contributed by atoms with E-state index in [0.29, 0.717) is 16.8 Å². The van der Waals surface area contributed by atoms with Gasteiger partial charge in [-0.15, -0.1) is 11.8 Å². The highest BCUT2D eigenvalue weighted by molar-refractivity contribution is 7.98. The number of carbonyl (C=O) groups is 2. The van der Waals surface area contributed by atoms with Gasteiger partial charge in [-0.25, -0.2) is 4.79 Å². The second-order valence-corrected chi connectivity index (χ2v) is 7.45. The predicted molar refractivity (Wildman–Crippen MR) is 113 cm³/mol. The Morgan fingerprint density at radius 3 is 2.11 bits per heavy atom. The summed E-state index contributed by atoms with van der Waals surface area (Å²) in [4.78, 5) is 25.0. The Morgan fingerprint density at radius 1 is 0.893 bits per heavy atom. The van der Waals surface area contributed by atoms with Crippen molar-refractivity contribution in [2.45, 2.75) is 10.6 Å². The Bertz CT molecular complexity index is 955. The first-order valence-corrected chi connectivity index (χ1v) is 9.88. The van der Waals surface area contributed by atoms with Crippen molar-refractivity contribution in [2.75, 3.05) is 12.4 Å². The molecule has 0 aliphatic rings. The molecule has 0 aliphatic carbocycles. The largest absolute Gasteiger partial charge is 0.465 e. The molecule has 3 rings (SSSR count).